The molecule has 1 unspecified atom stereocenters. The van der Waals surface area contributed by atoms with Gasteiger partial charge in [-0.25, -0.2) is 5.43 Å². The number of hydrogen-bond donors (Lipinski definition) is 1. The molecular formula is C22H21Cl2N3O2. The van der Waals surface area contributed by atoms with Crippen molar-refractivity contribution in [2.45, 2.75) is 20.0 Å². The molecule has 1 amide bonds. The molecule has 7 heteroatoms. The van der Waals surface area contributed by atoms with Gasteiger partial charge in [-0.2, -0.15) is 5.10 Å². The number of carbonyl (C=O) groups excluding carboxylic acids is 1. The molecule has 2 aromatic carbocycles. The molecule has 3 aromatic rings. The quantitative estimate of drug-likeness (QED) is 0.430. The number of benzene rings is 2. The van der Waals surface area contributed by atoms with Crippen LogP contribution in [0, 0.1) is 13.8 Å². The number of hydrazone groups is 1. The summed E-state index contributed by atoms with van der Waals surface area (Å²) in [6.07, 6.45) is 0.884. The molecule has 150 valence electrons. The largest absolute Gasteiger partial charge is 0.367 e. The van der Waals surface area contributed by atoms with Crippen molar-refractivity contribution in [2.24, 2.45) is 5.10 Å². The lowest BCUT2D eigenvalue weighted by Gasteiger charge is -2.13. The van der Waals surface area contributed by atoms with Crippen LogP contribution in [-0.4, -0.2) is 23.8 Å². The first-order valence-corrected chi connectivity index (χ1v) is 9.72. The van der Waals surface area contributed by atoms with Crippen LogP contribution in [0.4, 0.5) is 0 Å². The van der Waals surface area contributed by atoms with Gasteiger partial charge in [-0.3, -0.25) is 4.79 Å². The van der Waals surface area contributed by atoms with E-state index in [4.69, 9.17) is 27.9 Å². The third-order valence-electron chi connectivity index (χ3n) is 4.53. The van der Waals surface area contributed by atoms with Crippen LogP contribution in [0.5, 0.6) is 0 Å². The molecule has 0 fully saturated rings. The van der Waals surface area contributed by atoms with Gasteiger partial charge in [0.25, 0.3) is 5.91 Å². The van der Waals surface area contributed by atoms with E-state index in [1.165, 1.54) is 7.11 Å². The molecule has 1 N–H and O–H groups in total. The van der Waals surface area contributed by atoms with Gasteiger partial charge in [0.2, 0.25) is 0 Å². The number of carbonyl (C=O) groups is 1. The van der Waals surface area contributed by atoms with E-state index < -0.39 is 6.10 Å². The van der Waals surface area contributed by atoms with Crippen LogP contribution in [0.25, 0.3) is 5.69 Å². The van der Waals surface area contributed by atoms with Gasteiger partial charge >= 0.3 is 0 Å². The molecule has 0 aliphatic carbocycles. The van der Waals surface area contributed by atoms with Crippen molar-refractivity contribution >= 4 is 35.3 Å². The topological polar surface area (TPSA) is 55.6 Å². The van der Waals surface area contributed by atoms with Gasteiger partial charge in [0.1, 0.15) is 0 Å². The van der Waals surface area contributed by atoms with Gasteiger partial charge < -0.3 is 9.30 Å². The van der Waals surface area contributed by atoms with Crippen LogP contribution in [-0.2, 0) is 9.53 Å². The molecule has 0 spiro atoms. The third kappa shape index (κ3) is 4.88. The second kappa shape index (κ2) is 9.27. The molecule has 1 heterocycles. The second-order valence-corrected chi connectivity index (χ2v) is 7.42. The molecule has 1 aromatic heterocycles. The summed E-state index contributed by atoms with van der Waals surface area (Å²) >= 11 is 12.3. The Morgan fingerprint density at radius 2 is 1.76 bits per heavy atom. The van der Waals surface area contributed by atoms with E-state index in [1.807, 2.05) is 66.9 Å². The summed E-state index contributed by atoms with van der Waals surface area (Å²) < 4.78 is 7.34. The first kappa shape index (κ1) is 21.1. The number of hydrogen-bond acceptors (Lipinski definition) is 3. The minimum atomic E-state index is -0.727. The molecule has 0 saturated carbocycles. The average molecular weight is 430 g/mol. The normalized spacial score (nSPS) is 12.3. The summed E-state index contributed by atoms with van der Waals surface area (Å²) in [4.78, 5) is 12.4. The zero-order valence-electron chi connectivity index (χ0n) is 16.3. The molecule has 29 heavy (non-hydrogen) atoms. The summed E-state index contributed by atoms with van der Waals surface area (Å²) in [5.74, 6) is -0.342. The van der Waals surface area contributed by atoms with Crippen LogP contribution in [0.15, 0.2) is 59.7 Å². The van der Waals surface area contributed by atoms with Gasteiger partial charge in [0.05, 0.1) is 6.21 Å². The zero-order chi connectivity index (χ0) is 21.0. The smallest absolute Gasteiger partial charge is 0.273 e. The van der Waals surface area contributed by atoms with Crippen LogP contribution in [0.3, 0.4) is 0 Å². The van der Waals surface area contributed by atoms with Crippen molar-refractivity contribution in [3.05, 3.63) is 87.2 Å². The molecular weight excluding hydrogens is 409 g/mol. The van der Waals surface area contributed by atoms with Gasteiger partial charge in [-0.05, 0) is 43.7 Å². The first-order chi connectivity index (χ1) is 13.9. The van der Waals surface area contributed by atoms with Crippen molar-refractivity contribution in [3.63, 3.8) is 0 Å². The fourth-order valence-corrected chi connectivity index (χ4v) is 3.74. The predicted octanol–water partition coefficient (Wildman–Crippen LogP) is 5.24. The lowest BCUT2D eigenvalue weighted by atomic mass is 10.1. The highest BCUT2D eigenvalue weighted by molar-refractivity contribution is 6.34. The first-order valence-electron chi connectivity index (χ1n) is 8.96. The third-order valence-corrected chi connectivity index (χ3v) is 4.97. The van der Waals surface area contributed by atoms with Gasteiger partial charge in [-0.15, -0.1) is 0 Å². The van der Waals surface area contributed by atoms with E-state index in [1.54, 1.807) is 12.3 Å². The van der Waals surface area contributed by atoms with Crippen LogP contribution in [0.2, 0.25) is 10.0 Å². The molecule has 3 rings (SSSR count). The number of halogens is 2. The maximum Gasteiger partial charge on any atom is 0.273 e. The van der Waals surface area contributed by atoms with Gasteiger partial charge in [0, 0.05) is 39.8 Å². The van der Waals surface area contributed by atoms with Gasteiger partial charge in [-0.1, -0.05) is 53.5 Å². The van der Waals surface area contributed by atoms with E-state index >= 15 is 0 Å². The fourth-order valence-electron chi connectivity index (χ4n) is 3.23. The van der Waals surface area contributed by atoms with Crippen LogP contribution in [0.1, 0.15) is 28.6 Å². The Bertz CT molecular complexity index is 1030. The molecule has 0 aliphatic heterocycles. The van der Waals surface area contributed by atoms with Crippen molar-refractivity contribution in [3.8, 4) is 5.69 Å². The predicted molar refractivity (Wildman–Crippen MR) is 117 cm³/mol. The van der Waals surface area contributed by atoms with Crippen molar-refractivity contribution < 1.29 is 9.53 Å². The molecule has 1 atom stereocenters. The Morgan fingerprint density at radius 1 is 1.10 bits per heavy atom. The van der Waals surface area contributed by atoms with Crippen LogP contribution >= 0.6 is 23.2 Å². The number of methoxy groups -OCH3 is 1. The minimum absolute atomic E-state index is 0.342. The fraction of sp³-hybridized carbons (Fsp3) is 0.182. The van der Waals surface area contributed by atoms with E-state index in [0.29, 0.717) is 10.0 Å². The summed E-state index contributed by atoms with van der Waals surface area (Å²) in [5.41, 5.74) is 6.99. The van der Waals surface area contributed by atoms with E-state index in [9.17, 15) is 4.79 Å². The second-order valence-electron chi connectivity index (χ2n) is 6.55. The zero-order valence-corrected chi connectivity index (χ0v) is 17.8. The summed E-state index contributed by atoms with van der Waals surface area (Å²) in [6.45, 7) is 3.95. The maximum absolute atomic E-state index is 12.4. The maximum atomic E-state index is 12.4. The van der Waals surface area contributed by atoms with Crippen molar-refractivity contribution in [2.75, 3.05) is 7.11 Å². The standard InChI is InChI=1S/C22H21Cl2N3O2/c1-14-9-17(15(2)27(14)20-11-18(23)10-19(24)12-20)13-25-26-22(28)21(29-3)16-7-5-4-6-8-16/h4-13,21H,1-3H3,(H,26,28)/b25-13+. The number of rotatable bonds is 6. The summed E-state index contributed by atoms with van der Waals surface area (Å²) in [5, 5.41) is 5.24. The summed E-state index contributed by atoms with van der Waals surface area (Å²) in [7, 11) is 1.49. The molecule has 5 nitrogen and oxygen atoms in total. The number of nitrogens with zero attached hydrogens (tertiary/aromatic N) is 2. The van der Waals surface area contributed by atoms with Crippen LogP contribution < -0.4 is 5.43 Å². The Morgan fingerprint density at radius 3 is 2.38 bits per heavy atom. The average Bonchev–Trinajstić information content (AvgIpc) is 2.96. The Balaban J connectivity index is 1.79. The number of nitrogens with one attached hydrogen (secondary N) is 1. The molecule has 0 bridgehead atoms. The van der Waals surface area contributed by atoms with Crippen molar-refractivity contribution in [1.82, 2.24) is 9.99 Å². The number of aryl methyl sites for hydroxylation is 1. The summed E-state index contributed by atoms with van der Waals surface area (Å²) in [6, 6.07) is 16.6. The highest BCUT2D eigenvalue weighted by Crippen LogP contribution is 2.26. The number of ether oxygens (including phenoxy) is 1. The van der Waals surface area contributed by atoms with E-state index in [-0.39, 0.29) is 5.91 Å². The Kier molecular flexibility index (Phi) is 6.75. The Hall–Kier alpha value is -2.60. The van der Waals surface area contributed by atoms with Gasteiger partial charge in [0.15, 0.2) is 6.10 Å². The van der Waals surface area contributed by atoms with E-state index in [0.717, 1.165) is 28.2 Å². The lowest BCUT2D eigenvalue weighted by molar-refractivity contribution is -0.131. The molecule has 0 radical (unpaired) electrons. The number of amides is 1. The monoisotopic (exact) mass is 429 g/mol. The molecule has 0 saturated heterocycles. The highest BCUT2D eigenvalue weighted by Gasteiger charge is 2.19. The SMILES string of the molecule is COC(C(=O)N/N=C/c1cc(C)n(-c2cc(Cl)cc(Cl)c2)c1C)c1ccccc1. The highest BCUT2D eigenvalue weighted by atomic mass is 35.5. The van der Waals surface area contributed by atoms with E-state index in [2.05, 4.69) is 10.5 Å². The number of aromatic nitrogens is 1. The minimum Gasteiger partial charge on any atom is -0.367 e. The van der Waals surface area contributed by atoms with Crippen molar-refractivity contribution in [1.29, 1.82) is 0 Å². The molecule has 0 aliphatic rings. The lowest BCUT2D eigenvalue weighted by Crippen LogP contribution is -2.26. The Labute approximate surface area is 179 Å².